The van der Waals surface area contributed by atoms with Crippen LogP contribution in [0.2, 0.25) is 0 Å². The molecular formula is C24H31O7P. The predicted molar refractivity (Wildman–Crippen MR) is 124 cm³/mol. The highest BCUT2D eigenvalue weighted by Crippen LogP contribution is 2.57. The second-order valence-corrected chi connectivity index (χ2v) is 10.1. The van der Waals surface area contributed by atoms with Crippen molar-refractivity contribution in [2.45, 2.75) is 27.7 Å². The van der Waals surface area contributed by atoms with Gasteiger partial charge >= 0.3 is 0 Å². The van der Waals surface area contributed by atoms with Crippen LogP contribution in [0.1, 0.15) is 48.4 Å². The van der Waals surface area contributed by atoms with Gasteiger partial charge in [-0.15, -0.1) is 0 Å². The van der Waals surface area contributed by atoms with Crippen LogP contribution < -0.4 is 18.9 Å². The number of carbonyl (C=O) groups excluding carboxylic acids is 2. The van der Waals surface area contributed by atoms with Crippen molar-refractivity contribution in [1.82, 2.24) is 0 Å². The summed E-state index contributed by atoms with van der Waals surface area (Å²) in [7, 11) is -1.37. The third-order valence-corrected chi connectivity index (χ3v) is 7.73. The van der Waals surface area contributed by atoms with Crippen LogP contribution >= 0.6 is 7.14 Å². The molecule has 0 amide bonds. The summed E-state index contributed by atoms with van der Waals surface area (Å²) >= 11 is 0. The Hall–Kier alpha value is -2.79. The van der Waals surface area contributed by atoms with Crippen LogP contribution in [0.25, 0.3) is 0 Å². The highest BCUT2D eigenvalue weighted by molar-refractivity contribution is 7.95. The van der Waals surface area contributed by atoms with Crippen LogP contribution in [0.3, 0.4) is 0 Å². The van der Waals surface area contributed by atoms with Gasteiger partial charge in [-0.05, 0) is 44.0 Å². The zero-order chi connectivity index (χ0) is 23.9. The van der Waals surface area contributed by atoms with E-state index >= 15 is 0 Å². The first-order valence-corrected chi connectivity index (χ1v) is 12.4. The molecule has 174 valence electrons. The fourth-order valence-corrected chi connectivity index (χ4v) is 6.18. The molecule has 0 spiro atoms. The summed E-state index contributed by atoms with van der Waals surface area (Å²) in [6.07, 6.45) is -0.113. The number of ether oxygens (including phenoxy) is 4. The van der Waals surface area contributed by atoms with Crippen LogP contribution in [0.15, 0.2) is 36.4 Å². The SMILES string of the molecule is CCOc1cccc(OC)c1C(=O)P(=O)(CC(C)C)C(=O)c1c(OC)cccc1OCC. The van der Waals surface area contributed by atoms with Crippen LogP contribution in [0, 0.1) is 5.92 Å². The van der Waals surface area contributed by atoms with Crippen molar-refractivity contribution in [2.75, 3.05) is 33.6 Å². The lowest BCUT2D eigenvalue weighted by molar-refractivity contribution is 0.103. The fraction of sp³-hybridized carbons (Fsp3) is 0.417. The average Bonchev–Trinajstić information content (AvgIpc) is 2.77. The maximum atomic E-state index is 14.4. The number of methoxy groups -OCH3 is 2. The van der Waals surface area contributed by atoms with E-state index in [1.807, 2.05) is 13.8 Å². The topological polar surface area (TPSA) is 88.1 Å². The van der Waals surface area contributed by atoms with Gasteiger partial charge in [0.25, 0.3) is 0 Å². The number of benzene rings is 2. The highest BCUT2D eigenvalue weighted by Gasteiger charge is 2.45. The van der Waals surface area contributed by atoms with E-state index in [0.717, 1.165) is 0 Å². The Bertz CT molecular complexity index is 940. The highest BCUT2D eigenvalue weighted by atomic mass is 31.2. The molecule has 0 bridgehead atoms. The van der Waals surface area contributed by atoms with Gasteiger partial charge in [0.2, 0.25) is 18.2 Å². The maximum Gasteiger partial charge on any atom is 0.236 e. The summed E-state index contributed by atoms with van der Waals surface area (Å²) in [6, 6.07) is 9.69. The molecule has 8 heteroatoms. The molecule has 2 aromatic rings. The molecule has 7 nitrogen and oxygen atoms in total. The first-order chi connectivity index (χ1) is 15.2. The normalized spacial score (nSPS) is 11.2. The summed E-state index contributed by atoms with van der Waals surface area (Å²) in [4.78, 5) is 27.7. The molecule has 32 heavy (non-hydrogen) atoms. The lowest BCUT2D eigenvalue weighted by Gasteiger charge is -2.22. The second-order valence-electron chi connectivity index (χ2n) is 7.46. The molecular weight excluding hydrogens is 431 g/mol. The molecule has 2 rings (SSSR count). The number of carbonyl (C=O) groups is 2. The molecule has 0 aromatic heterocycles. The fourth-order valence-electron chi connectivity index (χ4n) is 3.47. The van der Waals surface area contributed by atoms with Crippen molar-refractivity contribution in [3.63, 3.8) is 0 Å². The molecule has 0 heterocycles. The van der Waals surface area contributed by atoms with E-state index in [-0.39, 0.29) is 59.4 Å². The zero-order valence-corrected chi connectivity index (χ0v) is 20.4. The molecule has 0 N–H and O–H groups in total. The minimum Gasteiger partial charge on any atom is -0.496 e. The third-order valence-electron chi connectivity index (χ3n) is 4.72. The van der Waals surface area contributed by atoms with Crippen LogP contribution in [-0.2, 0) is 4.57 Å². The third kappa shape index (κ3) is 5.16. The summed E-state index contributed by atoms with van der Waals surface area (Å²) in [6.45, 7) is 7.74. The Balaban J connectivity index is 2.76. The van der Waals surface area contributed by atoms with Gasteiger partial charge in [-0.3, -0.25) is 9.59 Å². The molecule has 0 saturated heterocycles. The minimum atomic E-state index is -4.18. The van der Waals surface area contributed by atoms with Gasteiger partial charge in [0.1, 0.15) is 34.1 Å². The van der Waals surface area contributed by atoms with Crippen molar-refractivity contribution in [3.05, 3.63) is 47.5 Å². The quantitative estimate of drug-likeness (QED) is 0.385. The van der Waals surface area contributed by atoms with Gasteiger partial charge in [0, 0.05) is 6.16 Å². The van der Waals surface area contributed by atoms with E-state index in [9.17, 15) is 14.2 Å². The van der Waals surface area contributed by atoms with E-state index in [1.165, 1.54) is 14.2 Å². The number of hydrogen-bond donors (Lipinski definition) is 0. The van der Waals surface area contributed by atoms with Crippen molar-refractivity contribution < 1.29 is 33.1 Å². The van der Waals surface area contributed by atoms with Gasteiger partial charge in [0.05, 0.1) is 27.4 Å². The van der Waals surface area contributed by atoms with Crippen LogP contribution in [0.4, 0.5) is 0 Å². The maximum absolute atomic E-state index is 14.4. The molecule has 0 aliphatic heterocycles. The minimum absolute atomic E-state index is 0.00189. The molecule has 0 fully saturated rings. The zero-order valence-electron chi connectivity index (χ0n) is 19.5. The standard InChI is InChI=1S/C24H31O7P/c1-7-30-19-13-9-11-17(28-5)21(19)23(25)32(27,15-16(3)4)24(26)22-18(29-6)12-10-14-20(22)31-8-2/h9-14,16H,7-8,15H2,1-6H3. The van der Waals surface area contributed by atoms with Gasteiger partial charge in [-0.25, -0.2) is 0 Å². The van der Waals surface area contributed by atoms with Gasteiger partial charge in [-0.2, -0.15) is 0 Å². The number of rotatable bonds is 12. The predicted octanol–water partition coefficient (Wildman–Crippen LogP) is 5.50. The molecule has 0 atom stereocenters. The van der Waals surface area contributed by atoms with Crippen molar-refractivity contribution in [1.29, 1.82) is 0 Å². The Labute approximate surface area is 189 Å². The number of hydrogen-bond acceptors (Lipinski definition) is 7. The molecule has 0 aliphatic rings. The summed E-state index contributed by atoms with van der Waals surface area (Å²) in [5.74, 6) is 0.646. The first kappa shape index (κ1) is 25.5. The van der Waals surface area contributed by atoms with Crippen LogP contribution in [-0.4, -0.2) is 44.6 Å². The van der Waals surface area contributed by atoms with Gasteiger partial charge < -0.3 is 23.5 Å². The molecule has 2 aromatic carbocycles. The molecule has 0 unspecified atom stereocenters. The molecule has 0 radical (unpaired) electrons. The van der Waals surface area contributed by atoms with Gasteiger partial charge in [-0.1, -0.05) is 26.0 Å². The lowest BCUT2D eigenvalue weighted by atomic mass is 10.2. The monoisotopic (exact) mass is 462 g/mol. The molecule has 0 saturated carbocycles. The Morgan fingerprint density at radius 1 is 0.781 bits per heavy atom. The van der Waals surface area contributed by atoms with E-state index in [2.05, 4.69) is 0 Å². The van der Waals surface area contributed by atoms with Crippen molar-refractivity contribution in [2.24, 2.45) is 5.92 Å². The summed E-state index contributed by atoms with van der Waals surface area (Å²) < 4.78 is 36.3. The van der Waals surface area contributed by atoms with E-state index < -0.39 is 18.2 Å². The van der Waals surface area contributed by atoms with Crippen LogP contribution in [0.5, 0.6) is 23.0 Å². The average molecular weight is 462 g/mol. The Morgan fingerprint density at radius 2 is 1.16 bits per heavy atom. The lowest BCUT2D eigenvalue weighted by Crippen LogP contribution is -2.19. The Morgan fingerprint density at radius 3 is 1.47 bits per heavy atom. The largest absolute Gasteiger partial charge is 0.496 e. The van der Waals surface area contributed by atoms with Gasteiger partial charge in [0.15, 0.2) is 0 Å². The van der Waals surface area contributed by atoms with Crippen molar-refractivity contribution in [3.8, 4) is 23.0 Å². The Kier molecular flexibility index (Phi) is 8.90. The summed E-state index contributed by atoms with van der Waals surface area (Å²) in [5, 5.41) is 0. The van der Waals surface area contributed by atoms with Crippen molar-refractivity contribution >= 4 is 18.2 Å². The first-order valence-electron chi connectivity index (χ1n) is 10.5. The smallest absolute Gasteiger partial charge is 0.236 e. The van der Waals surface area contributed by atoms with E-state index in [0.29, 0.717) is 0 Å². The van der Waals surface area contributed by atoms with E-state index in [4.69, 9.17) is 18.9 Å². The summed E-state index contributed by atoms with van der Waals surface area (Å²) in [5.41, 5.74) is -1.60. The second kappa shape index (κ2) is 11.2. The molecule has 0 aliphatic carbocycles. The van der Waals surface area contributed by atoms with E-state index in [1.54, 1.807) is 50.2 Å².